The predicted molar refractivity (Wildman–Crippen MR) is 98.9 cm³/mol. The first-order chi connectivity index (χ1) is 12.0. The first-order valence-corrected chi connectivity index (χ1v) is 8.30. The number of hydrogen-bond acceptors (Lipinski definition) is 4. The first kappa shape index (κ1) is 17.0. The number of carbonyl (C=O) groups excluding carboxylic acids is 2. The van der Waals surface area contributed by atoms with Crippen molar-refractivity contribution in [3.05, 3.63) is 48.2 Å². The maximum Gasteiger partial charge on any atom is 0.246 e. The Bertz CT molecular complexity index is 806. The van der Waals surface area contributed by atoms with Gasteiger partial charge in [-0.1, -0.05) is 12.1 Å². The Morgan fingerprint density at radius 3 is 2.88 bits per heavy atom. The molecular weight excluding hydrogens is 316 g/mol. The fourth-order valence-electron chi connectivity index (χ4n) is 3.06. The zero-order valence-corrected chi connectivity index (χ0v) is 14.7. The van der Waals surface area contributed by atoms with Crippen LogP contribution in [0.4, 0.5) is 17.2 Å². The fourth-order valence-corrected chi connectivity index (χ4v) is 3.06. The van der Waals surface area contributed by atoms with Gasteiger partial charge in [0.1, 0.15) is 5.82 Å². The summed E-state index contributed by atoms with van der Waals surface area (Å²) in [4.78, 5) is 32.9. The number of fused-ring (bicyclic) bond motifs is 1. The van der Waals surface area contributed by atoms with E-state index in [1.54, 1.807) is 11.1 Å². The molecule has 3 rings (SSSR count). The van der Waals surface area contributed by atoms with Crippen LogP contribution in [0.25, 0.3) is 0 Å². The largest absolute Gasteiger partial charge is 0.350 e. The second kappa shape index (κ2) is 6.93. The number of para-hydroxylation sites is 2. The van der Waals surface area contributed by atoms with Gasteiger partial charge in [0, 0.05) is 25.7 Å². The number of rotatable bonds is 3. The number of aromatic nitrogens is 1. The predicted octanol–water partition coefficient (Wildman–Crippen LogP) is 2.59. The minimum atomic E-state index is -0.213. The summed E-state index contributed by atoms with van der Waals surface area (Å²) in [5, 5.41) is 2.87. The summed E-state index contributed by atoms with van der Waals surface area (Å²) in [7, 11) is 1.84. The van der Waals surface area contributed by atoms with Crippen LogP contribution in [0.1, 0.15) is 18.9 Å². The third-order valence-corrected chi connectivity index (χ3v) is 4.29. The molecule has 1 N–H and O–H groups in total. The molecule has 1 aromatic heterocycles. The van der Waals surface area contributed by atoms with Gasteiger partial charge in [-0.2, -0.15) is 0 Å². The monoisotopic (exact) mass is 338 g/mol. The van der Waals surface area contributed by atoms with E-state index in [1.807, 2.05) is 62.2 Å². The number of hydrogen-bond donors (Lipinski definition) is 1. The van der Waals surface area contributed by atoms with Gasteiger partial charge in [0.05, 0.1) is 17.9 Å². The number of nitrogens with zero attached hydrogens (tertiary/aromatic N) is 3. The highest BCUT2D eigenvalue weighted by Crippen LogP contribution is 2.31. The molecule has 0 saturated carbocycles. The Hall–Kier alpha value is -2.89. The van der Waals surface area contributed by atoms with Crippen molar-refractivity contribution in [1.82, 2.24) is 4.98 Å². The molecule has 6 nitrogen and oxygen atoms in total. The molecular formula is C19H22N4O2. The van der Waals surface area contributed by atoms with Gasteiger partial charge in [-0.15, -0.1) is 0 Å². The van der Waals surface area contributed by atoms with Crippen LogP contribution < -0.4 is 15.1 Å². The van der Waals surface area contributed by atoms with Gasteiger partial charge in [0.15, 0.2) is 0 Å². The molecule has 2 amide bonds. The molecule has 1 unspecified atom stereocenters. The van der Waals surface area contributed by atoms with Crippen LogP contribution in [0.5, 0.6) is 0 Å². The number of benzene rings is 1. The van der Waals surface area contributed by atoms with E-state index in [0.29, 0.717) is 5.69 Å². The fraction of sp³-hybridized carbons (Fsp3) is 0.316. The quantitative estimate of drug-likeness (QED) is 0.934. The molecule has 25 heavy (non-hydrogen) atoms. The Labute approximate surface area is 147 Å². The molecule has 0 spiro atoms. The average molecular weight is 338 g/mol. The lowest BCUT2D eigenvalue weighted by atomic mass is 10.1. The number of likely N-dealkylation sites (N-methyl/N-ethyl adjacent to an activating group) is 1. The smallest absolute Gasteiger partial charge is 0.246 e. The molecule has 0 aliphatic carbocycles. The lowest BCUT2D eigenvalue weighted by Gasteiger charge is -2.30. The number of aryl methyl sites for hydroxylation is 1. The van der Waals surface area contributed by atoms with E-state index < -0.39 is 0 Å². The van der Waals surface area contributed by atoms with E-state index in [9.17, 15) is 9.59 Å². The molecule has 1 aliphatic heterocycles. The topological polar surface area (TPSA) is 65.5 Å². The summed E-state index contributed by atoms with van der Waals surface area (Å²) < 4.78 is 0. The number of amides is 2. The van der Waals surface area contributed by atoms with Crippen LogP contribution in [0, 0.1) is 6.92 Å². The van der Waals surface area contributed by atoms with Crippen molar-refractivity contribution in [3.63, 3.8) is 0 Å². The zero-order chi connectivity index (χ0) is 18.0. The van der Waals surface area contributed by atoms with Crippen molar-refractivity contribution >= 4 is 29.0 Å². The zero-order valence-electron chi connectivity index (χ0n) is 14.7. The van der Waals surface area contributed by atoms with Crippen LogP contribution in [-0.4, -0.2) is 36.4 Å². The first-order valence-electron chi connectivity index (χ1n) is 8.30. The van der Waals surface area contributed by atoms with E-state index in [4.69, 9.17) is 0 Å². The lowest BCUT2D eigenvalue weighted by Crippen LogP contribution is -2.44. The minimum absolute atomic E-state index is 0.0674. The molecule has 1 aromatic carbocycles. The van der Waals surface area contributed by atoms with Gasteiger partial charge in [-0.05, 0) is 43.7 Å². The summed E-state index contributed by atoms with van der Waals surface area (Å²) in [6, 6.07) is 11.0. The Morgan fingerprint density at radius 2 is 2.12 bits per heavy atom. The lowest BCUT2D eigenvalue weighted by molar-refractivity contribution is -0.118. The highest BCUT2D eigenvalue weighted by molar-refractivity contribution is 6.05. The third-order valence-electron chi connectivity index (χ3n) is 4.29. The van der Waals surface area contributed by atoms with Crippen molar-refractivity contribution in [3.8, 4) is 0 Å². The van der Waals surface area contributed by atoms with E-state index in [-0.39, 0.29) is 30.8 Å². The molecule has 0 saturated heterocycles. The number of pyridine rings is 1. The Balaban J connectivity index is 1.86. The van der Waals surface area contributed by atoms with E-state index in [2.05, 4.69) is 10.3 Å². The third kappa shape index (κ3) is 3.63. The summed E-state index contributed by atoms with van der Waals surface area (Å²) in [6.45, 7) is 4.07. The van der Waals surface area contributed by atoms with Crippen LogP contribution in [0.15, 0.2) is 42.6 Å². The second-order valence-electron chi connectivity index (χ2n) is 6.43. The molecule has 130 valence electrons. The molecule has 0 bridgehead atoms. The summed E-state index contributed by atoms with van der Waals surface area (Å²) >= 11 is 0. The molecule has 1 aliphatic rings. The van der Waals surface area contributed by atoms with Gasteiger partial charge >= 0.3 is 0 Å². The Morgan fingerprint density at radius 1 is 1.36 bits per heavy atom. The Kier molecular flexibility index (Phi) is 4.70. The van der Waals surface area contributed by atoms with Crippen molar-refractivity contribution in [1.29, 1.82) is 0 Å². The van der Waals surface area contributed by atoms with Gasteiger partial charge in [0.25, 0.3) is 0 Å². The van der Waals surface area contributed by atoms with Crippen LogP contribution in [0.3, 0.4) is 0 Å². The van der Waals surface area contributed by atoms with E-state index in [0.717, 1.165) is 17.1 Å². The van der Waals surface area contributed by atoms with Crippen LogP contribution >= 0.6 is 0 Å². The van der Waals surface area contributed by atoms with Gasteiger partial charge in [-0.25, -0.2) is 4.98 Å². The molecule has 6 heteroatoms. The maximum absolute atomic E-state index is 13.0. The van der Waals surface area contributed by atoms with Gasteiger partial charge in [-0.3, -0.25) is 9.59 Å². The molecule has 1 atom stereocenters. The SMILES string of the molecule is Cc1ccnc(N(C)CC(=O)N2c3ccccc3NC(=O)CC2C)c1. The van der Waals surface area contributed by atoms with Crippen molar-refractivity contribution in [2.24, 2.45) is 0 Å². The average Bonchev–Trinajstić information content (AvgIpc) is 2.68. The second-order valence-corrected chi connectivity index (χ2v) is 6.43. The molecule has 0 fully saturated rings. The van der Waals surface area contributed by atoms with Crippen LogP contribution in [0.2, 0.25) is 0 Å². The van der Waals surface area contributed by atoms with E-state index in [1.165, 1.54) is 0 Å². The number of anilines is 3. The summed E-state index contributed by atoms with van der Waals surface area (Å²) in [5.74, 6) is 0.601. The standard InChI is InChI=1S/C19H22N4O2/c1-13-8-9-20-17(10-13)22(3)12-19(25)23-14(2)11-18(24)21-15-6-4-5-7-16(15)23/h4-10,14H,11-12H2,1-3H3,(H,21,24). The van der Waals surface area contributed by atoms with Crippen molar-refractivity contribution < 1.29 is 9.59 Å². The molecule has 2 aromatic rings. The molecule has 0 radical (unpaired) electrons. The maximum atomic E-state index is 13.0. The highest BCUT2D eigenvalue weighted by Gasteiger charge is 2.30. The van der Waals surface area contributed by atoms with Crippen molar-refractivity contribution in [2.45, 2.75) is 26.3 Å². The van der Waals surface area contributed by atoms with Crippen LogP contribution in [-0.2, 0) is 9.59 Å². The number of nitrogens with one attached hydrogen (secondary N) is 1. The summed E-state index contributed by atoms with van der Waals surface area (Å²) in [5.41, 5.74) is 2.49. The van der Waals surface area contributed by atoms with Crippen molar-refractivity contribution in [2.75, 3.05) is 28.7 Å². The normalized spacial score (nSPS) is 16.7. The van der Waals surface area contributed by atoms with Gasteiger partial charge in [0.2, 0.25) is 11.8 Å². The highest BCUT2D eigenvalue weighted by atomic mass is 16.2. The summed E-state index contributed by atoms with van der Waals surface area (Å²) in [6.07, 6.45) is 2.00. The minimum Gasteiger partial charge on any atom is -0.350 e. The van der Waals surface area contributed by atoms with Gasteiger partial charge < -0.3 is 15.1 Å². The number of carbonyl (C=O) groups is 2. The molecule has 2 heterocycles. The van der Waals surface area contributed by atoms with E-state index >= 15 is 0 Å².